The van der Waals surface area contributed by atoms with Crippen molar-refractivity contribution < 1.29 is 9.53 Å². The summed E-state index contributed by atoms with van der Waals surface area (Å²) in [4.78, 5) is 11.8. The van der Waals surface area contributed by atoms with Crippen molar-refractivity contribution >= 4 is 5.97 Å². The summed E-state index contributed by atoms with van der Waals surface area (Å²) in [6.45, 7) is 0. The van der Waals surface area contributed by atoms with Gasteiger partial charge in [-0.05, 0) is 62.2 Å². The van der Waals surface area contributed by atoms with Crippen molar-refractivity contribution in [3.05, 3.63) is 0 Å². The lowest BCUT2D eigenvalue weighted by atomic mass is 9.67. The molecule has 4 saturated carbocycles. The lowest BCUT2D eigenvalue weighted by Crippen LogP contribution is -2.30. The first-order valence-corrected chi connectivity index (χ1v) is 6.34. The van der Waals surface area contributed by atoms with Crippen LogP contribution < -0.4 is 0 Å². The predicted molar refractivity (Wildman–Crippen MR) is 57.2 cm³/mol. The van der Waals surface area contributed by atoms with Gasteiger partial charge in [-0.2, -0.15) is 0 Å². The lowest BCUT2D eigenvalue weighted by Gasteiger charge is -2.38. The van der Waals surface area contributed by atoms with Crippen LogP contribution in [0.15, 0.2) is 0 Å². The van der Waals surface area contributed by atoms with E-state index in [0.29, 0.717) is 5.92 Å². The van der Waals surface area contributed by atoms with Crippen LogP contribution in [0.3, 0.4) is 0 Å². The third kappa shape index (κ3) is 1.58. The lowest BCUT2D eigenvalue weighted by molar-refractivity contribution is -0.148. The minimum absolute atomic E-state index is 0.0631. The maximum Gasteiger partial charge on any atom is 0.308 e. The normalized spacial score (nSPS) is 47.7. The first-order chi connectivity index (χ1) is 7.26. The molecule has 0 aromatic heterocycles. The van der Waals surface area contributed by atoms with Crippen molar-refractivity contribution in [2.45, 2.75) is 38.5 Å². The zero-order chi connectivity index (χ0) is 10.4. The van der Waals surface area contributed by atoms with Gasteiger partial charge < -0.3 is 4.74 Å². The summed E-state index contributed by atoms with van der Waals surface area (Å²) in [6.07, 6.45) is 7.94. The molecule has 0 radical (unpaired) electrons. The van der Waals surface area contributed by atoms with Crippen LogP contribution in [0.2, 0.25) is 0 Å². The molecule has 0 spiro atoms. The van der Waals surface area contributed by atoms with Crippen molar-refractivity contribution in [2.24, 2.45) is 29.6 Å². The first kappa shape index (κ1) is 9.68. The van der Waals surface area contributed by atoms with E-state index in [9.17, 15) is 4.79 Å². The first-order valence-electron chi connectivity index (χ1n) is 6.34. The van der Waals surface area contributed by atoms with Gasteiger partial charge in [-0.1, -0.05) is 0 Å². The SMILES string of the molecule is COC(=O)C1CC2C[C@@H]3CC1C[C@H](C2)C3. The van der Waals surface area contributed by atoms with Gasteiger partial charge in [-0.3, -0.25) is 4.79 Å². The fourth-order valence-corrected chi connectivity index (χ4v) is 4.55. The number of ether oxygens (including phenoxy) is 1. The molecule has 0 aliphatic heterocycles. The molecule has 0 amide bonds. The van der Waals surface area contributed by atoms with Gasteiger partial charge >= 0.3 is 5.97 Å². The largest absolute Gasteiger partial charge is 0.469 e. The van der Waals surface area contributed by atoms with Crippen molar-refractivity contribution in [1.82, 2.24) is 0 Å². The zero-order valence-electron chi connectivity index (χ0n) is 9.45. The van der Waals surface area contributed by atoms with E-state index in [0.717, 1.165) is 24.2 Å². The number of hydrogen-bond acceptors (Lipinski definition) is 2. The average molecular weight is 208 g/mol. The van der Waals surface area contributed by atoms with Crippen LogP contribution in [0.1, 0.15) is 38.5 Å². The number of carbonyl (C=O) groups excluding carboxylic acids is 1. The van der Waals surface area contributed by atoms with Crippen molar-refractivity contribution in [2.75, 3.05) is 7.11 Å². The summed E-state index contributed by atoms with van der Waals surface area (Å²) in [6, 6.07) is 0. The second-order valence-electron chi connectivity index (χ2n) is 5.90. The molecule has 5 atom stereocenters. The Bertz CT molecular complexity index is 260. The number of hydrogen-bond donors (Lipinski definition) is 0. The van der Waals surface area contributed by atoms with Crippen molar-refractivity contribution in [1.29, 1.82) is 0 Å². The maximum absolute atomic E-state index is 11.8. The van der Waals surface area contributed by atoms with E-state index >= 15 is 0 Å². The summed E-state index contributed by atoms with van der Waals surface area (Å²) in [7, 11) is 1.54. The van der Waals surface area contributed by atoms with Gasteiger partial charge in [0, 0.05) is 0 Å². The number of fused-ring (bicyclic) bond motifs is 1. The van der Waals surface area contributed by atoms with Crippen LogP contribution >= 0.6 is 0 Å². The Balaban J connectivity index is 1.85. The number of methoxy groups -OCH3 is 1. The van der Waals surface area contributed by atoms with E-state index < -0.39 is 0 Å². The minimum Gasteiger partial charge on any atom is -0.469 e. The molecule has 2 heteroatoms. The van der Waals surface area contributed by atoms with Crippen LogP contribution in [0.25, 0.3) is 0 Å². The highest BCUT2D eigenvalue weighted by molar-refractivity contribution is 5.72. The molecule has 2 nitrogen and oxygen atoms in total. The number of esters is 1. The van der Waals surface area contributed by atoms with E-state index in [4.69, 9.17) is 4.74 Å². The number of rotatable bonds is 1. The molecule has 0 N–H and O–H groups in total. The van der Waals surface area contributed by atoms with E-state index in [1.807, 2.05) is 0 Å². The Kier molecular flexibility index (Phi) is 2.26. The standard InChI is InChI=1S/C13H20O2/c1-15-13(14)12-7-10-3-8-2-9(4-10)6-11(12)5-8/h8-12H,2-7H2,1H3/t8-,9+,10?,11?,12?. The van der Waals surface area contributed by atoms with Crippen LogP contribution in [0, 0.1) is 29.6 Å². The van der Waals surface area contributed by atoms with Crippen LogP contribution in [-0.2, 0) is 9.53 Å². The third-order valence-corrected chi connectivity index (χ3v) is 4.93. The van der Waals surface area contributed by atoms with Gasteiger partial charge in [0.05, 0.1) is 13.0 Å². The van der Waals surface area contributed by atoms with E-state index in [1.165, 1.54) is 39.2 Å². The topological polar surface area (TPSA) is 26.3 Å². The molecule has 0 aromatic rings. The molecule has 4 bridgehead atoms. The molecule has 4 aliphatic rings. The molecule has 84 valence electrons. The summed E-state index contributed by atoms with van der Waals surface area (Å²) < 4.78 is 4.96. The van der Waals surface area contributed by atoms with Gasteiger partial charge in [0.25, 0.3) is 0 Å². The van der Waals surface area contributed by atoms with Gasteiger partial charge in [0.2, 0.25) is 0 Å². The van der Waals surface area contributed by atoms with E-state index in [1.54, 1.807) is 0 Å². The molecular formula is C13H20O2. The number of carbonyl (C=O) groups is 1. The van der Waals surface area contributed by atoms with E-state index in [-0.39, 0.29) is 11.9 Å². The van der Waals surface area contributed by atoms with Crippen LogP contribution in [-0.4, -0.2) is 13.1 Å². The molecule has 4 aliphatic carbocycles. The highest BCUT2D eigenvalue weighted by atomic mass is 16.5. The highest BCUT2D eigenvalue weighted by Gasteiger charge is 2.46. The molecular weight excluding hydrogens is 188 g/mol. The Hall–Kier alpha value is -0.530. The highest BCUT2D eigenvalue weighted by Crippen LogP contribution is 2.53. The monoisotopic (exact) mass is 208 g/mol. The Labute approximate surface area is 91.4 Å². The molecule has 0 saturated heterocycles. The molecule has 3 unspecified atom stereocenters. The zero-order valence-corrected chi connectivity index (χ0v) is 9.45. The summed E-state index contributed by atoms with van der Waals surface area (Å²) in [5, 5.41) is 0. The molecule has 4 fully saturated rings. The predicted octanol–water partition coefficient (Wildman–Crippen LogP) is 2.62. The second-order valence-corrected chi connectivity index (χ2v) is 5.90. The third-order valence-electron chi connectivity index (χ3n) is 4.93. The summed E-state index contributed by atoms with van der Waals surface area (Å²) >= 11 is 0. The Morgan fingerprint density at radius 2 is 1.47 bits per heavy atom. The maximum atomic E-state index is 11.8. The van der Waals surface area contributed by atoms with Crippen molar-refractivity contribution in [3.63, 3.8) is 0 Å². The minimum atomic E-state index is 0.0631. The van der Waals surface area contributed by atoms with Gasteiger partial charge in [-0.15, -0.1) is 0 Å². The van der Waals surface area contributed by atoms with Crippen LogP contribution in [0.5, 0.6) is 0 Å². The Morgan fingerprint density at radius 3 is 2.00 bits per heavy atom. The fourth-order valence-electron chi connectivity index (χ4n) is 4.55. The quantitative estimate of drug-likeness (QED) is 0.619. The molecule has 15 heavy (non-hydrogen) atoms. The van der Waals surface area contributed by atoms with E-state index in [2.05, 4.69) is 0 Å². The van der Waals surface area contributed by atoms with Gasteiger partial charge in [-0.25, -0.2) is 0 Å². The molecule has 4 rings (SSSR count). The summed E-state index contributed by atoms with van der Waals surface area (Å²) in [5.41, 5.74) is 0. The molecule has 0 aromatic carbocycles. The van der Waals surface area contributed by atoms with Crippen LogP contribution in [0.4, 0.5) is 0 Å². The smallest absolute Gasteiger partial charge is 0.308 e. The molecule has 0 heterocycles. The van der Waals surface area contributed by atoms with Gasteiger partial charge in [0.1, 0.15) is 0 Å². The van der Waals surface area contributed by atoms with Crippen molar-refractivity contribution in [3.8, 4) is 0 Å². The summed E-state index contributed by atoms with van der Waals surface area (Å²) in [5.74, 6) is 3.63. The second kappa shape index (κ2) is 3.50. The Morgan fingerprint density at radius 1 is 0.933 bits per heavy atom. The average Bonchev–Trinajstić information content (AvgIpc) is 2.42. The fraction of sp³-hybridized carbons (Fsp3) is 0.923. The van der Waals surface area contributed by atoms with Gasteiger partial charge in [0.15, 0.2) is 0 Å².